The van der Waals surface area contributed by atoms with Crippen molar-refractivity contribution in [3.8, 4) is 0 Å². The molecule has 0 radical (unpaired) electrons. The summed E-state index contributed by atoms with van der Waals surface area (Å²) in [6.07, 6.45) is 1.11. The maximum absolute atomic E-state index is 12.8. The van der Waals surface area contributed by atoms with Crippen LogP contribution in [-0.2, 0) is 0 Å². The smallest absolute Gasteiger partial charge is 0.125 e. The second kappa shape index (κ2) is 3.75. The quantitative estimate of drug-likeness (QED) is 0.722. The minimum absolute atomic E-state index is 0.184. The summed E-state index contributed by atoms with van der Waals surface area (Å²) < 4.78 is 12.8. The van der Waals surface area contributed by atoms with E-state index in [1.807, 2.05) is 6.07 Å². The first-order valence-corrected chi connectivity index (χ1v) is 4.57. The molecular formula is C10H13FN2. The number of hydrogen-bond donors (Lipinski definition) is 2. The molecule has 70 valence electrons. The van der Waals surface area contributed by atoms with Crippen molar-refractivity contribution in [3.05, 3.63) is 30.1 Å². The van der Waals surface area contributed by atoms with Crippen molar-refractivity contribution >= 4 is 5.69 Å². The molecule has 1 unspecified atom stereocenters. The highest BCUT2D eigenvalue weighted by molar-refractivity contribution is 5.44. The van der Waals surface area contributed by atoms with Crippen LogP contribution in [0.1, 0.15) is 6.42 Å². The molecule has 0 aliphatic carbocycles. The van der Waals surface area contributed by atoms with E-state index in [0.29, 0.717) is 6.04 Å². The number of benzene rings is 1. The Kier molecular flexibility index (Phi) is 2.45. The van der Waals surface area contributed by atoms with Crippen LogP contribution in [0.2, 0.25) is 0 Å². The third kappa shape index (κ3) is 2.18. The van der Waals surface area contributed by atoms with Crippen LogP contribution >= 0.6 is 0 Å². The minimum atomic E-state index is -0.184. The summed E-state index contributed by atoms with van der Waals surface area (Å²) in [5, 5.41) is 6.53. The maximum Gasteiger partial charge on any atom is 0.125 e. The van der Waals surface area contributed by atoms with E-state index in [1.165, 1.54) is 12.1 Å². The lowest BCUT2D eigenvalue weighted by molar-refractivity contribution is 0.627. The molecule has 0 bridgehead atoms. The van der Waals surface area contributed by atoms with E-state index in [1.54, 1.807) is 6.07 Å². The van der Waals surface area contributed by atoms with E-state index in [-0.39, 0.29) is 5.82 Å². The zero-order chi connectivity index (χ0) is 9.10. The molecule has 1 aliphatic heterocycles. The topological polar surface area (TPSA) is 24.1 Å². The van der Waals surface area contributed by atoms with Gasteiger partial charge in [0.15, 0.2) is 0 Å². The summed E-state index contributed by atoms with van der Waals surface area (Å²) >= 11 is 0. The Morgan fingerprint density at radius 1 is 1.46 bits per heavy atom. The summed E-state index contributed by atoms with van der Waals surface area (Å²) in [7, 11) is 0. The molecule has 13 heavy (non-hydrogen) atoms. The van der Waals surface area contributed by atoms with Crippen molar-refractivity contribution in [2.24, 2.45) is 0 Å². The molecule has 1 aromatic carbocycles. The van der Waals surface area contributed by atoms with Crippen LogP contribution in [0.5, 0.6) is 0 Å². The fourth-order valence-electron chi connectivity index (χ4n) is 1.59. The first-order chi connectivity index (χ1) is 6.34. The molecular weight excluding hydrogens is 167 g/mol. The fourth-order valence-corrected chi connectivity index (χ4v) is 1.59. The summed E-state index contributed by atoms with van der Waals surface area (Å²) in [6, 6.07) is 7.04. The molecule has 0 aromatic heterocycles. The highest BCUT2D eigenvalue weighted by atomic mass is 19.1. The van der Waals surface area contributed by atoms with Crippen molar-refractivity contribution in [2.75, 3.05) is 18.4 Å². The highest BCUT2D eigenvalue weighted by Crippen LogP contribution is 2.12. The van der Waals surface area contributed by atoms with E-state index < -0.39 is 0 Å². The number of rotatable bonds is 2. The lowest BCUT2D eigenvalue weighted by Gasteiger charge is -2.12. The normalized spacial score (nSPS) is 21.8. The molecule has 0 amide bonds. The van der Waals surface area contributed by atoms with Crippen molar-refractivity contribution in [2.45, 2.75) is 12.5 Å². The van der Waals surface area contributed by atoms with Gasteiger partial charge in [-0.05, 0) is 31.2 Å². The molecule has 1 saturated heterocycles. The van der Waals surface area contributed by atoms with Gasteiger partial charge >= 0.3 is 0 Å². The van der Waals surface area contributed by atoms with Gasteiger partial charge in [-0.25, -0.2) is 4.39 Å². The first kappa shape index (κ1) is 8.51. The van der Waals surface area contributed by atoms with E-state index in [4.69, 9.17) is 0 Å². The lowest BCUT2D eigenvalue weighted by Crippen LogP contribution is -2.21. The van der Waals surface area contributed by atoms with Gasteiger partial charge in [-0.2, -0.15) is 0 Å². The third-order valence-corrected chi connectivity index (χ3v) is 2.26. The Balaban J connectivity index is 2.00. The monoisotopic (exact) mass is 180 g/mol. The molecule has 1 aromatic rings. The summed E-state index contributed by atoms with van der Waals surface area (Å²) in [5.74, 6) is -0.184. The molecule has 2 nitrogen and oxygen atoms in total. The van der Waals surface area contributed by atoms with Gasteiger partial charge in [-0.15, -0.1) is 0 Å². The molecule has 0 saturated carbocycles. The summed E-state index contributed by atoms with van der Waals surface area (Å²) in [6.45, 7) is 2.02. The Labute approximate surface area is 77.2 Å². The van der Waals surface area contributed by atoms with Gasteiger partial charge in [0.2, 0.25) is 0 Å². The molecule has 1 heterocycles. The maximum atomic E-state index is 12.8. The Bertz CT molecular complexity index is 282. The molecule has 1 atom stereocenters. The molecule has 1 fully saturated rings. The van der Waals surface area contributed by atoms with Gasteiger partial charge < -0.3 is 10.6 Å². The van der Waals surface area contributed by atoms with Gasteiger partial charge in [0.05, 0.1) is 0 Å². The predicted molar refractivity (Wildman–Crippen MR) is 51.3 cm³/mol. The number of hydrogen-bond acceptors (Lipinski definition) is 2. The SMILES string of the molecule is Fc1cccc(NC2CCNC2)c1. The van der Waals surface area contributed by atoms with Crippen molar-refractivity contribution in [1.29, 1.82) is 0 Å². The van der Waals surface area contributed by atoms with Crippen molar-refractivity contribution < 1.29 is 4.39 Å². The first-order valence-electron chi connectivity index (χ1n) is 4.57. The minimum Gasteiger partial charge on any atom is -0.381 e. The van der Waals surface area contributed by atoms with Crippen LogP contribution in [0.25, 0.3) is 0 Å². The number of nitrogens with one attached hydrogen (secondary N) is 2. The molecule has 2 N–H and O–H groups in total. The molecule has 2 rings (SSSR count). The third-order valence-electron chi connectivity index (χ3n) is 2.26. The van der Waals surface area contributed by atoms with Crippen LogP contribution in [0.4, 0.5) is 10.1 Å². The van der Waals surface area contributed by atoms with Crippen LogP contribution in [0.15, 0.2) is 24.3 Å². The predicted octanol–water partition coefficient (Wildman–Crippen LogP) is 1.60. The summed E-state index contributed by atoms with van der Waals surface area (Å²) in [4.78, 5) is 0. The average Bonchev–Trinajstić information content (AvgIpc) is 2.57. The molecule has 3 heteroatoms. The second-order valence-electron chi connectivity index (χ2n) is 3.34. The van der Waals surface area contributed by atoms with E-state index in [2.05, 4.69) is 10.6 Å². The number of halogens is 1. The van der Waals surface area contributed by atoms with Crippen molar-refractivity contribution in [1.82, 2.24) is 5.32 Å². The Hall–Kier alpha value is -1.09. The van der Waals surface area contributed by atoms with E-state index in [9.17, 15) is 4.39 Å². The standard InChI is InChI=1S/C10H13FN2/c11-8-2-1-3-9(6-8)13-10-4-5-12-7-10/h1-3,6,10,12-13H,4-5,7H2. The molecule has 0 spiro atoms. The Morgan fingerprint density at radius 3 is 3.08 bits per heavy atom. The van der Waals surface area contributed by atoms with Gasteiger partial charge in [0.25, 0.3) is 0 Å². The highest BCUT2D eigenvalue weighted by Gasteiger charge is 2.13. The van der Waals surface area contributed by atoms with E-state index >= 15 is 0 Å². The van der Waals surface area contributed by atoms with Crippen LogP contribution in [0, 0.1) is 5.82 Å². The molecule has 1 aliphatic rings. The van der Waals surface area contributed by atoms with Gasteiger partial charge in [-0.3, -0.25) is 0 Å². The second-order valence-corrected chi connectivity index (χ2v) is 3.34. The summed E-state index contributed by atoms with van der Waals surface area (Å²) in [5.41, 5.74) is 0.869. The van der Waals surface area contributed by atoms with Crippen molar-refractivity contribution in [3.63, 3.8) is 0 Å². The number of anilines is 1. The zero-order valence-corrected chi connectivity index (χ0v) is 7.39. The zero-order valence-electron chi connectivity index (χ0n) is 7.39. The largest absolute Gasteiger partial charge is 0.381 e. The van der Waals surface area contributed by atoms with Crippen LogP contribution in [-0.4, -0.2) is 19.1 Å². The van der Waals surface area contributed by atoms with Gasteiger partial charge in [0, 0.05) is 18.3 Å². The fraction of sp³-hybridized carbons (Fsp3) is 0.400. The van der Waals surface area contributed by atoms with Crippen LogP contribution in [0.3, 0.4) is 0 Å². The average molecular weight is 180 g/mol. The van der Waals surface area contributed by atoms with Crippen LogP contribution < -0.4 is 10.6 Å². The van der Waals surface area contributed by atoms with E-state index in [0.717, 1.165) is 25.2 Å². The Morgan fingerprint density at radius 2 is 2.38 bits per heavy atom. The van der Waals surface area contributed by atoms with Gasteiger partial charge in [-0.1, -0.05) is 6.07 Å². The van der Waals surface area contributed by atoms with Gasteiger partial charge in [0.1, 0.15) is 5.82 Å². The lowest BCUT2D eigenvalue weighted by atomic mass is 10.2.